The van der Waals surface area contributed by atoms with Crippen LogP contribution in [0.15, 0.2) is 23.7 Å². The lowest BCUT2D eigenvalue weighted by Gasteiger charge is -2.15. The number of carbonyl (C=O) groups is 1. The van der Waals surface area contributed by atoms with Crippen molar-refractivity contribution in [1.29, 1.82) is 0 Å². The average Bonchev–Trinajstić information content (AvgIpc) is 2.83. The molecule has 1 saturated heterocycles. The molecule has 5 heteroatoms. The molecule has 0 saturated carbocycles. The van der Waals surface area contributed by atoms with Crippen LogP contribution in [-0.4, -0.2) is 23.5 Å². The monoisotopic (exact) mass is 233 g/mol. The summed E-state index contributed by atoms with van der Waals surface area (Å²) < 4.78 is 1.14. The summed E-state index contributed by atoms with van der Waals surface area (Å²) in [6.07, 6.45) is 0.440. The lowest BCUT2D eigenvalue weighted by Crippen LogP contribution is -2.27. The van der Waals surface area contributed by atoms with Gasteiger partial charge in [0.2, 0.25) is 5.91 Å². The Morgan fingerprint density at radius 2 is 2.38 bits per heavy atom. The van der Waals surface area contributed by atoms with E-state index in [-0.39, 0.29) is 11.9 Å². The van der Waals surface area contributed by atoms with Crippen molar-refractivity contribution >= 4 is 33.1 Å². The maximum absolute atomic E-state index is 11.7. The number of hydrogen-bond donors (Lipinski definition) is 1. The van der Waals surface area contributed by atoms with Crippen LogP contribution in [0.4, 0.5) is 5.69 Å². The third-order valence-electron chi connectivity index (χ3n) is 2.78. The molecule has 0 radical (unpaired) electrons. The molecule has 1 amide bonds. The fraction of sp³-hybridized carbons (Fsp3) is 0.273. The summed E-state index contributed by atoms with van der Waals surface area (Å²) in [4.78, 5) is 17.7. The van der Waals surface area contributed by atoms with Crippen LogP contribution < -0.4 is 10.6 Å². The molecule has 1 atom stereocenters. The first-order chi connectivity index (χ1) is 7.74. The number of anilines is 1. The molecule has 2 aromatic rings. The molecule has 1 aromatic heterocycles. The molecular weight excluding hydrogens is 222 g/mol. The van der Waals surface area contributed by atoms with Gasteiger partial charge < -0.3 is 10.6 Å². The molecule has 3 rings (SSSR count). The molecule has 0 bridgehead atoms. The number of nitrogens with two attached hydrogens (primary N) is 1. The molecule has 82 valence electrons. The van der Waals surface area contributed by atoms with Gasteiger partial charge in [0.1, 0.15) is 0 Å². The fourth-order valence-corrected chi connectivity index (χ4v) is 2.66. The summed E-state index contributed by atoms with van der Waals surface area (Å²) in [7, 11) is 0. The molecule has 2 N–H and O–H groups in total. The maximum Gasteiger partial charge on any atom is 0.228 e. The largest absolute Gasteiger partial charge is 0.326 e. The van der Waals surface area contributed by atoms with Gasteiger partial charge in [-0.15, -0.1) is 11.3 Å². The summed E-state index contributed by atoms with van der Waals surface area (Å²) in [5.41, 5.74) is 9.42. The zero-order valence-corrected chi connectivity index (χ0v) is 9.41. The number of fused-ring (bicyclic) bond motifs is 1. The second-order valence-corrected chi connectivity index (χ2v) is 4.86. The van der Waals surface area contributed by atoms with E-state index in [1.54, 1.807) is 16.2 Å². The van der Waals surface area contributed by atoms with Crippen LogP contribution in [0.1, 0.15) is 6.42 Å². The van der Waals surface area contributed by atoms with Crippen LogP contribution in [-0.2, 0) is 4.79 Å². The topological polar surface area (TPSA) is 59.2 Å². The van der Waals surface area contributed by atoms with E-state index >= 15 is 0 Å². The molecule has 1 aromatic carbocycles. The Morgan fingerprint density at radius 3 is 3.12 bits per heavy atom. The van der Waals surface area contributed by atoms with E-state index in [4.69, 9.17) is 5.73 Å². The number of amides is 1. The second-order valence-electron chi connectivity index (χ2n) is 3.97. The number of benzene rings is 1. The predicted octanol–water partition coefficient (Wildman–Crippen LogP) is 1.36. The minimum Gasteiger partial charge on any atom is -0.326 e. The van der Waals surface area contributed by atoms with Gasteiger partial charge in [-0.25, -0.2) is 4.98 Å². The highest BCUT2D eigenvalue weighted by molar-refractivity contribution is 7.16. The van der Waals surface area contributed by atoms with Crippen LogP contribution in [0.3, 0.4) is 0 Å². The summed E-state index contributed by atoms with van der Waals surface area (Å²) in [5.74, 6) is 0.0991. The summed E-state index contributed by atoms with van der Waals surface area (Å²) in [6.45, 7) is 0.606. The molecule has 0 spiro atoms. The zero-order chi connectivity index (χ0) is 11.1. The van der Waals surface area contributed by atoms with Crippen molar-refractivity contribution in [2.75, 3.05) is 11.4 Å². The number of thiazole rings is 1. The van der Waals surface area contributed by atoms with Gasteiger partial charge in [-0.05, 0) is 18.2 Å². The number of aromatic nitrogens is 1. The van der Waals surface area contributed by atoms with Crippen LogP contribution in [0.5, 0.6) is 0 Å². The zero-order valence-electron chi connectivity index (χ0n) is 8.59. The first kappa shape index (κ1) is 9.74. The number of rotatable bonds is 1. The molecular formula is C11H11N3OS. The lowest BCUT2D eigenvalue weighted by atomic mass is 10.2. The van der Waals surface area contributed by atoms with E-state index in [0.717, 1.165) is 15.9 Å². The summed E-state index contributed by atoms with van der Waals surface area (Å²) in [6, 6.07) is 5.86. The standard InChI is InChI=1S/C11H11N3OS/c12-7-3-11(15)14(5-7)8-1-2-10-9(4-8)13-6-16-10/h1-2,4,6-7H,3,5,12H2. The van der Waals surface area contributed by atoms with Crippen LogP contribution in [0.25, 0.3) is 10.2 Å². The Morgan fingerprint density at radius 1 is 1.50 bits per heavy atom. The Labute approximate surface area is 96.7 Å². The Balaban J connectivity index is 2.02. The van der Waals surface area contributed by atoms with Gasteiger partial charge >= 0.3 is 0 Å². The van der Waals surface area contributed by atoms with Crippen molar-refractivity contribution in [3.63, 3.8) is 0 Å². The molecule has 1 unspecified atom stereocenters. The number of carbonyl (C=O) groups excluding carboxylic acids is 1. The molecule has 2 heterocycles. The average molecular weight is 233 g/mol. The smallest absolute Gasteiger partial charge is 0.228 e. The van der Waals surface area contributed by atoms with Crippen LogP contribution in [0.2, 0.25) is 0 Å². The third kappa shape index (κ3) is 1.48. The second kappa shape index (κ2) is 3.54. The van der Waals surface area contributed by atoms with Gasteiger partial charge in [0, 0.05) is 24.7 Å². The van der Waals surface area contributed by atoms with E-state index in [9.17, 15) is 4.79 Å². The van der Waals surface area contributed by atoms with Crippen LogP contribution in [0, 0.1) is 0 Å². The van der Waals surface area contributed by atoms with Crippen molar-refractivity contribution in [1.82, 2.24) is 4.98 Å². The van der Waals surface area contributed by atoms with Crippen molar-refractivity contribution in [2.24, 2.45) is 5.73 Å². The summed E-state index contributed by atoms with van der Waals surface area (Å²) in [5, 5.41) is 0. The molecule has 16 heavy (non-hydrogen) atoms. The van der Waals surface area contributed by atoms with E-state index in [0.29, 0.717) is 13.0 Å². The van der Waals surface area contributed by atoms with Gasteiger partial charge in [0.05, 0.1) is 15.7 Å². The van der Waals surface area contributed by atoms with E-state index in [1.165, 1.54) is 0 Å². The van der Waals surface area contributed by atoms with E-state index in [1.807, 2.05) is 23.7 Å². The third-order valence-corrected chi connectivity index (χ3v) is 3.59. The Kier molecular flexibility index (Phi) is 2.15. The number of nitrogens with zero attached hydrogens (tertiary/aromatic N) is 2. The van der Waals surface area contributed by atoms with Crippen molar-refractivity contribution in [2.45, 2.75) is 12.5 Å². The minimum atomic E-state index is -0.0429. The van der Waals surface area contributed by atoms with E-state index in [2.05, 4.69) is 4.98 Å². The molecule has 1 fully saturated rings. The van der Waals surface area contributed by atoms with Gasteiger partial charge in [-0.3, -0.25) is 4.79 Å². The lowest BCUT2D eigenvalue weighted by molar-refractivity contribution is -0.117. The van der Waals surface area contributed by atoms with Gasteiger partial charge in [0.15, 0.2) is 0 Å². The summed E-state index contributed by atoms with van der Waals surface area (Å²) >= 11 is 1.60. The van der Waals surface area contributed by atoms with Gasteiger partial charge in [-0.2, -0.15) is 0 Å². The SMILES string of the molecule is NC1CC(=O)N(c2ccc3scnc3c2)C1. The Bertz CT molecular complexity index is 551. The van der Waals surface area contributed by atoms with E-state index < -0.39 is 0 Å². The first-order valence-electron chi connectivity index (χ1n) is 5.13. The molecule has 1 aliphatic rings. The normalized spacial score (nSPS) is 20.9. The van der Waals surface area contributed by atoms with Crippen molar-refractivity contribution in [3.8, 4) is 0 Å². The first-order valence-corrected chi connectivity index (χ1v) is 6.01. The van der Waals surface area contributed by atoms with Crippen molar-refractivity contribution in [3.05, 3.63) is 23.7 Å². The minimum absolute atomic E-state index is 0.0429. The Hall–Kier alpha value is -1.46. The molecule has 0 aliphatic carbocycles. The molecule has 1 aliphatic heterocycles. The highest BCUT2D eigenvalue weighted by Crippen LogP contribution is 2.26. The fourth-order valence-electron chi connectivity index (χ4n) is 2.00. The maximum atomic E-state index is 11.7. The predicted molar refractivity (Wildman–Crippen MR) is 64.6 cm³/mol. The van der Waals surface area contributed by atoms with Crippen LogP contribution >= 0.6 is 11.3 Å². The van der Waals surface area contributed by atoms with Gasteiger partial charge in [-0.1, -0.05) is 0 Å². The van der Waals surface area contributed by atoms with Crippen molar-refractivity contribution < 1.29 is 4.79 Å². The molecule has 4 nitrogen and oxygen atoms in total. The number of hydrogen-bond acceptors (Lipinski definition) is 4. The highest BCUT2D eigenvalue weighted by Gasteiger charge is 2.28. The highest BCUT2D eigenvalue weighted by atomic mass is 32.1. The quantitative estimate of drug-likeness (QED) is 0.809. The van der Waals surface area contributed by atoms with Gasteiger partial charge in [0.25, 0.3) is 0 Å².